The molecule has 0 bridgehead atoms. The monoisotopic (exact) mass is 497 g/mol. The highest BCUT2D eigenvalue weighted by atomic mass is 19.4. The normalized spacial score (nSPS) is 19.1. The van der Waals surface area contributed by atoms with Gasteiger partial charge in [0.05, 0.1) is 42.0 Å². The average molecular weight is 497 g/mol. The predicted octanol–water partition coefficient (Wildman–Crippen LogP) is 1.33. The predicted molar refractivity (Wildman–Crippen MR) is 124 cm³/mol. The lowest BCUT2D eigenvalue weighted by atomic mass is 10.00. The molecule has 0 radical (unpaired) electrons. The summed E-state index contributed by atoms with van der Waals surface area (Å²) in [4.78, 5) is 36.0. The Morgan fingerprint density at radius 1 is 1.34 bits per heavy atom. The Bertz CT molecular complexity index is 1200. The third-order valence-corrected chi connectivity index (χ3v) is 6.11. The standard InChI is InChI=1S/C22H27F4N7O2/c1-29-19(27)15-8-14(9-30-20(15)28)33-5-4-17(16(23)11-33)32(3)18(34)7-12-6-13(22(24,25)26)10-31(2)21(12)35/h6,8-10,16-17H,4-5,7,11H2,1-3H3,(H2,27,29)(H2,28,30)/t16?,17-/m1/s1. The van der Waals surface area contributed by atoms with Crippen LogP contribution in [0, 0.1) is 0 Å². The summed E-state index contributed by atoms with van der Waals surface area (Å²) in [5.41, 5.74) is 10.6. The Morgan fingerprint density at radius 3 is 2.63 bits per heavy atom. The van der Waals surface area contributed by atoms with Gasteiger partial charge in [0.1, 0.15) is 17.8 Å². The Hall–Kier alpha value is -3.64. The minimum atomic E-state index is -4.67. The number of hydrogen-bond acceptors (Lipinski definition) is 6. The van der Waals surface area contributed by atoms with Crippen molar-refractivity contribution in [3.63, 3.8) is 0 Å². The van der Waals surface area contributed by atoms with Crippen LogP contribution in [-0.4, -0.2) is 65.6 Å². The Balaban J connectivity index is 1.73. The van der Waals surface area contributed by atoms with Crippen LogP contribution in [0.5, 0.6) is 0 Å². The van der Waals surface area contributed by atoms with Gasteiger partial charge in [0.25, 0.3) is 5.56 Å². The summed E-state index contributed by atoms with van der Waals surface area (Å²) in [7, 11) is 4.07. The smallest absolute Gasteiger partial charge is 0.383 e. The van der Waals surface area contributed by atoms with Gasteiger partial charge in [-0.25, -0.2) is 9.37 Å². The van der Waals surface area contributed by atoms with Crippen molar-refractivity contribution in [3.8, 4) is 0 Å². The van der Waals surface area contributed by atoms with E-state index in [-0.39, 0.29) is 30.2 Å². The molecule has 1 unspecified atom stereocenters. The zero-order valence-corrected chi connectivity index (χ0v) is 19.5. The third kappa shape index (κ3) is 5.54. The average Bonchev–Trinajstić information content (AvgIpc) is 2.80. The highest BCUT2D eigenvalue weighted by molar-refractivity contribution is 6.01. The van der Waals surface area contributed by atoms with Crippen LogP contribution in [0.4, 0.5) is 29.1 Å². The van der Waals surface area contributed by atoms with Crippen molar-refractivity contribution in [3.05, 3.63) is 51.6 Å². The molecule has 2 atom stereocenters. The van der Waals surface area contributed by atoms with Crippen molar-refractivity contribution < 1.29 is 22.4 Å². The topological polar surface area (TPSA) is 123 Å². The number of halogens is 4. The number of amidine groups is 1. The van der Waals surface area contributed by atoms with Crippen LogP contribution in [0.15, 0.2) is 34.3 Å². The highest BCUT2D eigenvalue weighted by Crippen LogP contribution is 2.29. The van der Waals surface area contributed by atoms with E-state index in [0.717, 1.165) is 9.47 Å². The Morgan fingerprint density at radius 2 is 2.03 bits per heavy atom. The molecule has 35 heavy (non-hydrogen) atoms. The summed E-state index contributed by atoms with van der Waals surface area (Å²) in [6.07, 6.45) is -4.28. The molecule has 0 aromatic carbocycles. The number of pyridine rings is 2. The number of carbonyl (C=O) groups excluding carboxylic acids is 1. The fourth-order valence-electron chi connectivity index (χ4n) is 4.06. The number of aliphatic imine (C=N–C) groups is 1. The first-order valence-corrected chi connectivity index (χ1v) is 10.7. The van der Waals surface area contributed by atoms with Crippen LogP contribution in [0.1, 0.15) is 23.1 Å². The molecule has 0 aliphatic carbocycles. The number of alkyl halides is 4. The zero-order chi connectivity index (χ0) is 26.1. The van der Waals surface area contributed by atoms with Crippen LogP contribution in [0.25, 0.3) is 0 Å². The number of carbonyl (C=O) groups is 1. The van der Waals surface area contributed by atoms with Gasteiger partial charge in [-0.2, -0.15) is 13.2 Å². The number of anilines is 2. The zero-order valence-electron chi connectivity index (χ0n) is 19.5. The first kappa shape index (κ1) is 26.0. The van der Waals surface area contributed by atoms with Crippen LogP contribution in [0.2, 0.25) is 0 Å². The van der Waals surface area contributed by atoms with Crippen LogP contribution in [-0.2, 0) is 24.4 Å². The number of nitrogen functional groups attached to an aromatic ring is 1. The van der Waals surface area contributed by atoms with Gasteiger partial charge in [0.15, 0.2) is 0 Å². The van der Waals surface area contributed by atoms with Crippen LogP contribution >= 0.6 is 0 Å². The quantitative estimate of drug-likeness (QED) is 0.365. The van der Waals surface area contributed by atoms with E-state index in [1.54, 1.807) is 11.0 Å². The lowest BCUT2D eigenvalue weighted by molar-refractivity contribution is -0.138. The lowest BCUT2D eigenvalue weighted by Gasteiger charge is -2.40. The largest absolute Gasteiger partial charge is 0.417 e. The second-order valence-corrected chi connectivity index (χ2v) is 8.40. The van der Waals surface area contributed by atoms with E-state index in [1.807, 2.05) is 0 Å². The second-order valence-electron chi connectivity index (χ2n) is 8.40. The number of aryl methyl sites for hydroxylation is 1. The maximum Gasteiger partial charge on any atom is 0.417 e. The third-order valence-electron chi connectivity index (χ3n) is 6.11. The molecule has 3 heterocycles. The van der Waals surface area contributed by atoms with E-state index in [2.05, 4.69) is 9.98 Å². The molecule has 2 aromatic heterocycles. The molecule has 3 rings (SSSR count). The van der Waals surface area contributed by atoms with Gasteiger partial charge in [-0.1, -0.05) is 0 Å². The highest BCUT2D eigenvalue weighted by Gasteiger charge is 2.36. The molecule has 1 aliphatic rings. The van der Waals surface area contributed by atoms with E-state index in [4.69, 9.17) is 11.5 Å². The Kier molecular flexibility index (Phi) is 7.36. The van der Waals surface area contributed by atoms with E-state index < -0.39 is 41.8 Å². The van der Waals surface area contributed by atoms with E-state index in [9.17, 15) is 22.8 Å². The molecule has 1 fully saturated rings. The molecule has 1 amide bonds. The molecule has 9 nitrogen and oxygen atoms in total. The van der Waals surface area contributed by atoms with Crippen LogP contribution < -0.4 is 21.9 Å². The summed E-state index contributed by atoms with van der Waals surface area (Å²) < 4.78 is 55.3. The van der Waals surface area contributed by atoms with Crippen molar-refractivity contribution >= 4 is 23.2 Å². The van der Waals surface area contributed by atoms with Gasteiger partial charge in [-0.15, -0.1) is 0 Å². The van der Waals surface area contributed by atoms with Gasteiger partial charge in [0, 0.05) is 39.4 Å². The van der Waals surface area contributed by atoms with Crippen molar-refractivity contribution in [1.29, 1.82) is 0 Å². The number of piperidine rings is 1. The molecular formula is C22H27F4N7O2. The fraction of sp³-hybridized carbons (Fsp3) is 0.455. The second kappa shape index (κ2) is 9.92. The fourth-order valence-corrected chi connectivity index (χ4v) is 4.06. The van der Waals surface area contributed by atoms with Gasteiger partial charge >= 0.3 is 6.18 Å². The Labute approximate surface area is 199 Å². The molecule has 1 saturated heterocycles. The molecule has 2 aromatic rings. The number of amides is 1. The summed E-state index contributed by atoms with van der Waals surface area (Å²) in [6, 6.07) is 1.52. The molecular weight excluding hydrogens is 470 g/mol. The maximum atomic E-state index is 15.2. The van der Waals surface area contributed by atoms with Crippen molar-refractivity contribution in [2.45, 2.75) is 31.2 Å². The minimum absolute atomic E-state index is 0.0537. The molecule has 1 aliphatic heterocycles. The first-order valence-electron chi connectivity index (χ1n) is 10.7. The maximum absolute atomic E-state index is 15.2. The van der Waals surface area contributed by atoms with Crippen molar-refractivity contribution in [1.82, 2.24) is 14.5 Å². The number of hydrogen-bond donors (Lipinski definition) is 2. The van der Waals surface area contributed by atoms with E-state index in [1.165, 1.54) is 27.3 Å². The molecule has 0 saturated carbocycles. The lowest BCUT2D eigenvalue weighted by Crippen LogP contribution is -2.53. The number of nitrogens with two attached hydrogens (primary N) is 2. The van der Waals surface area contributed by atoms with E-state index >= 15 is 4.39 Å². The SMILES string of the molecule is CN=C(N)c1cc(N2CC[C@@H](N(C)C(=O)Cc3cc(C(F)(F)F)cn(C)c3=O)C(F)C2)cnc1N. The number of rotatable bonds is 5. The number of likely N-dealkylation sites (N-methyl/N-ethyl adjacent to an activating group) is 1. The molecule has 190 valence electrons. The van der Waals surface area contributed by atoms with Crippen molar-refractivity contribution in [2.75, 3.05) is 37.8 Å². The molecule has 13 heteroatoms. The minimum Gasteiger partial charge on any atom is -0.383 e. The van der Waals surface area contributed by atoms with Gasteiger partial charge in [-0.05, 0) is 18.6 Å². The summed E-state index contributed by atoms with van der Waals surface area (Å²) in [5, 5.41) is 0. The van der Waals surface area contributed by atoms with Gasteiger partial charge in [0.2, 0.25) is 5.91 Å². The van der Waals surface area contributed by atoms with Crippen LogP contribution in [0.3, 0.4) is 0 Å². The first-order chi connectivity index (χ1) is 16.3. The summed E-state index contributed by atoms with van der Waals surface area (Å²) >= 11 is 0. The number of nitrogens with zero attached hydrogens (tertiary/aromatic N) is 5. The van der Waals surface area contributed by atoms with Crippen molar-refractivity contribution in [2.24, 2.45) is 17.8 Å². The summed E-state index contributed by atoms with van der Waals surface area (Å²) in [6.45, 7) is 0.323. The van der Waals surface area contributed by atoms with Gasteiger partial charge in [-0.3, -0.25) is 14.6 Å². The van der Waals surface area contributed by atoms with E-state index in [0.29, 0.717) is 30.1 Å². The molecule has 0 spiro atoms. The van der Waals surface area contributed by atoms with Gasteiger partial charge < -0.3 is 25.8 Å². The molecule has 4 N–H and O–H groups in total. The number of aromatic nitrogens is 2. The summed E-state index contributed by atoms with van der Waals surface area (Å²) in [5.74, 6) is -0.268.